The highest BCUT2D eigenvalue weighted by molar-refractivity contribution is 5.91. The molecular weight excluding hydrogens is 256 g/mol. The first-order valence-electron chi connectivity index (χ1n) is 6.69. The standard InChI is InChI=1S/C15H20N2O3/c1-9-5-11(3)14(6-10(9)2)17-8-13(20-15(17)19)7-16-12(4)18/h5-6,13H,7-8H2,1-4H3,(H,16,18). The first-order chi connectivity index (χ1) is 9.38. The van der Waals surface area contributed by atoms with Gasteiger partial charge in [-0.05, 0) is 43.5 Å². The molecule has 5 heteroatoms. The molecule has 2 amide bonds. The van der Waals surface area contributed by atoms with E-state index in [9.17, 15) is 9.59 Å². The number of carbonyl (C=O) groups is 2. The molecule has 0 radical (unpaired) electrons. The minimum atomic E-state index is -0.355. The number of hydrogen-bond donors (Lipinski definition) is 1. The Bertz CT molecular complexity index is 554. The summed E-state index contributed by atoms with van der Waals surface area (Å²) in [6.07, 6.45) is -0.654. The molecule has 2 rings (SSSR count). The zero-order chi connectivity index (χ0) is 14.9. The van der Waals surface area contributed by atoms with E-state index in [1.165, 1.54) is 12.5 Å². The van der Waals surface area contributed by atoms with Crippen molar-refractivity contribution in [1.82, 2.24) is 5.32 Å². The number of amides is 2. The molecule has 1 aromatic rings. The summed E-state index contributed by atoms with van der Waals surface area (Å²) in [5, 5.41) is 2.67. The second-order valence-electron chi connectivity index (χ2n) is 5.28. The average molecular weight is 276 g/mol. The Balaban J connectivity index is 2.16. The van der Waals surface area contributed by atoms with Crippen LogP contribution in [-0.2, 0) is 9.53 Å². The molecule has 0 aromatic heterocycles. The number of anilines is 1. The Morgan fingerprint density at radius 2 is 1.95 bits per heavy atom. The van der Waals surface area contributed by atoms with Crippen molar-refractivity contribution >= 4 is 17.7 Å². The van der Waals surface area contributed by atoms with E-state index >= 15 is 0 Å². The van der Waals surface area contributed by atoms with E-state index < -0.39 is 0 Å². The molecule has 1 fully saturated rings. The van der Waals surface area contributed by atoms with Crippen molar-refractivity contribution in [3.8, 4) is 0 Å². The third-order valence-electron chi connectivity index (χ3n) is 3.56. The number of rotatable bonds is 3. The van der Waals surface area contributed by atoms with Crippen LogP contribution in [0.25, 0.3) is 0 Å². The summed E-state index contributed by atoms with van der Waals surface area (Å²) in [4.78, 5) is 24.5. The van der Waals surface area contributed by atoms with Crippen molar-refractivity contribution in [2.24, 2.45) is 0 Å². The summed E-state index contributed by atoms with van der Waals surface area (Å²) < 4.78 is 5.28. The van der Waals surface area contributed by atoms with Gasteiger partial charge in [0.2, 0.25) is 5.91 Å². The van der Waals surface area contributed by atoms with Crippen molar-refractivity contribution in [3.63, 3.8) is 0 Å². The van der Waals surface area contributed by atoms with Crippen molar-refractivity contribution in [2.75, 3.05) is 18.0 Å². The predicted molar refractivity (Wildman–Crippen MR) is 77.0 cm³/mol. The van der Waals surface area contributed by atoms with Gasteiger partial charge in [0.1, 0.15) is 6.10 Å². The molecule has 1 N–H and O–H groups in total. The second kappa shape index (κ2) is 5.53. The summed E-state index contributed by atoms with van der Waals surface area (Å²) in [7, 11) is 0. The van der Waals surface area contributed by atoms with Crippen molar-refractivity contribution in [1.29, 1.82) is 0 Å². The van der Waals surface area contributed by atoms with Gasteiger partial charge in [-0.15, -0.1) is 0 Å². The van der Waals surface area contributed by atoms with Crippen LogP contribution >= 0.6 is 0 Å². The Morgan fingerprint density at radius 1 is 1.30 bits per heavy atom. The van der Waals surface area contributed by atoms with Gasteiger partial charge in [-0.1, -0.05) is 6.07 Å². The molecule has 0 aliphatic carbocycles. The monoisotopic (exact) mass is 276 g/mol. The predicted octanol–water partition coefficient (Wildman–Crippen LogP) is 2.07. The number of aryl methyl sites for hydroxylation is 3. The zero-order valence-corrected chi connectivity index (χ0v) is 12.3. The van der Waals surface area contributed by atoms with Gasteiger partial charge in [-0.25, -0.2) is 4.79 Å². The number of ether oxygens (including phenoxy) is 1. The normalized spacial score (nSPS) is 18.1. The molecule has 0 bridgehead atoms. The molecule has 1 aliphatic heterocycles. The molecule has 1 saturated heterocycles. The molecule has 5 nitrogen and oxygen atoms in total. The van der Waals surface area contributed by atoms with E-state index in [2.05, 4.69) is 11.4 Å². The molecule has 20 heavy (non-hydrogen) atoms. The summed E-state index contributed by atoms with van der Waals surface area (Å²) in [5.41, 5.74) is 4.27. The van der Waals surface area contributed by atoms with E-state index in [1.54, 1.807) is 4.90 Å². The fraction of sp³-hybridized carbons (Fsp3) is 0.467. The molecule has 1 atom stereocenters. The summed E-state index contributed by atoms with van der Waals surface area (Å²) in [5.74, 6) is -0.123. The van der Waals surface area contributed by atoms with Crippen molar-refractivity contribution in [2.45, 2.75) is 33.8 Å². The van der Waals surface area contributed by atoms with E-state index in [1.807, 2.05) is 26.8 Å². The largest absolute Gasteiger partial charge is 0.442 e. The van der Waals surface area contributed by atoms with Crippen LogP contribution in [0.1, 0.15) is 23.6 Å². The fourth-order valence-corrected chi connectivity index (χ4v) is 2.32. The SMILES string of the molecule is CC(=O)NCC1CN(c2cc(C)c(C)cc2C)C(=O)O1. The van der Waals surface area contributed by atoms with Crippen LogP contribution in [0.15, 0.2) is 12.1 Å². The number of hydrogen-bond acceptors (Lipinski definition) is 3. The number of carbonyl (C=O) groups excluding carboxylic acids is 2. The minimum Gasteiger partial charge on any atom is -0.442 e. The van der Waals surface area contributed by atoms with E-state index in [0.717, 1.165) is 16.8 Å². The van der Waals surface area contributed by atoms with Crippen LogP contribution in [0, 0.1) is 20.8 Å². The van der Waals surface area contributed by atoms with Crippen LogP contribution in [-0.4, -0.2) is 31.2 Å². The van der Waals surface area contributed by atoms with E-state index in [-0.39, 0.29) is 18.1 Å². The molecule has 1 aliphatic rings. The number of benzene rings is 1. The Kier molecular flexibility index (Phi) is 3.97. The fourth-order valence-electron chi connectivity index (χ4n) is 2.32. The molecule has 0 spiro atoms. The van der Waals surface area contributed by atoms with Gasteiger partial charge in [0.25, 0.3) is 0 Å². The zero-order valence-electron chi connectivity index (χ0n) is 12.3. The topological polar surface area (TPSA) is 58.6 Å². The highest BCUT2D eigenvalue weighted by Gasteiger charge is 2.33. The molecule has 108 valence electrons. The molecular formula is C15H20N2O3. The summed E-state index contributed by atoms with van der Waals surface area (Å²) >= 11 is 0. The van der Waals surface area contributed by atoms with Gasteiger partial charge in [-0.2, -0.15) is 0 Å². The number of nitrogens with one attached hydrogen (secondary N) is 1. The van der Waals surface area contributed by atoms with E-state index in [0.29, 0.717) is 13.1 Å². The summed E-state index contributed by atoms with van der Waals surface area (Å²) in [6, 6.07) is 4.08. The van der Waals surface area contributed by atoms with Gasteiger partial charge in [0.15, 0.2) is 0 Å². The van der Waals surface area contributed by atoms with Gasteiger partial charge in [0, 0.05) is 6.92 Å². The van der Waals surface area contributed by atoms with Crippen molar-refractivity contribution in [3.05, 3.63) is 28.8 Å². The lowest BCUT2D eigenvalue weighted by atomic mass is 10.0. The lowest BCUT2D eigenvalue weighted by Crippen LogP contribution is -2.33. The van der Waals surface area contributed by atoms with Crippen LogP contribution in [0.5, 0.6) is 0 Å². The smallest absolute Gasteiger partial charge is 0.414 e. The Morgan fingerprint density at radius 3 is 2.60 bits per heavy atom. The van der Waals surface area contributed by atoms with Gasteiger partial charge in [-0.3, -0.25) is 9.69 Å². The van der Waals surface area contributed by atoms with Crippen LogP contribution in [0.4, 0.5) is 10.5 Å². The third-order valence-corrected chi connectivity index (χ3v) is 3.56. The van der Waals surface area contributed by atoms with Gasteiger partial charge in [0.05, 0.1) is 18.8 Å². The number of cyclic esters (lactones) is 1. The van der Waals surface area contributed by atoms with Crippen LogP contribution < -0.4 is 10.2 Å². The lowest BCUT2D eigenvalue weighted by molar-refractivity contribution is -0.119. The lowest BCUT2D eigenvalue weighted by Gasteiger charge is -2.17. The van der Waals surface area contributed by atoms with Crippen LogP contribution in [0.3, 0.4) is 0 Å². The summed E-state index contributed by atoms with van der Waals surface area (Å²) in [6.45, 7) is 8.31. The van der Waals surface area contributed by atoms with Gasteiger partial charge < -0.3 is 10.1 Å². The first-order valence-corrected chi connectivity index (χ1v) is 6.69. The van der Waals surface area contributed by atoms with Crippen molar-refractivity contribution < 1.29 is 14.3 Å². The highest BCUT2D eigenvalue weighted by atomic mass is 16.6. The molecule has 1 aromatic carbocycles. The van der Waals surface area contributed by atoms with Gasteiger partial charge >= 0.3 is 6.09 Å². The third kappa shape index (κ3) is 2.92. The Labute approximate surface area is 118 Å². The maximum Gasteiger partial charge on any atom is 0.414 e. The van der Waals surface area contributed by atoms with E-state index in [4.69, 9.17) is 4.74 Å². The molecule has 1 heterocycles. The quantitative estimate of drug-likeness (QED) is 0.919. The number of nitrogens with zero attached hydrogens (tertiary/aromatic N) is 1. The average Bonchev–Trinajstić information content (AvgIpc) is 2.72. The first kappa shape index (κ1) is 14.4. The maximum atomic E-state index is 12.0. The maximum absolute atomic E-state index is 12.0. The Hall–Kier alpha value is -2.04. The second-order valence-corrected chi connectivity index (χ2v) is 5.28. The molecule has 0 saturated carbocycles. The highest BCUT2D eigenvalue weighted by Crippen LogP contribution is 2.27. The molecule has 1 unspecified atom stereocenters. The minimum absolute atomic E-state index is 0.123. The van der Waals surface area contributed by atoms with Crippen LogP contribution in [0.2, 0.25) is 0 Å².